The molecule has 4 aliphatic rings. The van der Waals surface area contributed by atoms with Crippen molar-refractivity contribution in [2.45, 2.75) is 96.9 Å². The molecular formula is C34H42ClHgN4. The predicted molar refractivity (Wildman–Crippen MR) is 161 cm³/mol. The number of aromatic nitrogens is 1. The summed E-state index contributed by atoms with van der Waals surface area (Å²) in [6, 6.07) is 4.52. The van der Waals surface area contributed by atoms with Crippen molar-refractivity contribution in [1.29, 1.82) is 0 Å². The summed E-state index contributed by atoms with van der Waals surface area (Å²) in [6.07, 6.45) is 29.9. The quantitative estimate of drug-likeness (QED) is 0.191. The fourth-order valence-corrected chi connectivity index (χ4v) is 5.61. The SMILES string of the molecule is CCCCCCC/C1=C2\C=CC(=N2)/C=c2/cc/c([nH]2)=C(\CCCCCCC)C2=C=CC(=N2)/C=C2/C=CC1N2.[Cl-].[Hg+]. The maximum absolute atomic E-state index is 5.06. The topological polar surface area (TPSA) is 52.5 Å². The maximum atomic E-state index is 5.06. The molecule has 4 nitrogen and oxygen atoms in total. The second-order valence-corrected chi connectivity index (χ2v) is 10.8. The summed E-state index contributed by atoms with van der Waals surface area (Å²) < 4.78 is 0. The Balaban J connectivity index is 0.00000220. The van der Waals surface area contributed by atoms with Gasteiger partial charge in [0.05, 0.1) is 23.2 Å². The molecule has 1 atom stereocenters. The van der Waals surface area contributed by atoms with Crippen molar-refractivity contribution < 1.29 is 40.1 Å². The molecule has 6 heteroatoms. The van der Waals surface area contributed by atoms with Crippen molar-refractivity contribution in [2.75, 3.05) is 0 Å². The Labute approximate surface area is 266 Å². The summed E-state index contributed by atoms with van der Waals surface area (Å²) in [6.45, 7) is 4.54. The van der Waals surface area contributed by atoms with Crippen molar-refractivity contribution >= 4 is 23.1 Å². The van der Waals surface area contributed by atoms with Gasteiger partial charge in [-0.15, -0.1) is 0 Å². The van der Waals surface area contributed by atoms with Gasteiger partial charge in [0.15, 0.2) is 0 Å². The largest absolute Gasteiger partial charge is 1.00 e. The number of hydrogen-bond donors (Lipinski definition) is 2. The number of hydrogen-bond acceptors (Lipinski definition) is 3. The number of H-pyrrole nitrogens is 1. The van der Waals surface area contributed by atoms with Crippen molar-refractivity contribution in [3.8, 4) is 0 Å². The van der Waals surface area contributed by atoms with Gasteiger partial charge in [0.2, 0.25) is 0 Å². The van der Waals surface area contributed by atoms with Crippen LogP contribution in [0.3, 0.4) is 0 Å². The molecule has 5 rings (SSSR count). The summed E-state index contributed by atoms with van der Waals surface area (Å²) in [4.78, 5) is 13.7. The van der Waals surface area contributed by atoms with Crippen molar-refractivity contribution in [3.63, 3.8) is 0 Å². The van der Waals surface area contributed by atoms with Crippen LogP contribution in [0.25, 0.3) is 11.6 Å². The minimum absolute atomic E-state index is 0. The number of unbranched alkanes of at least 4 members (excludes halogenated alkanes) is 8. The molecule has 0 aliphatic carbocycles. The van der Waals surface area contributed by atoms with Crippen LogP contribution in [-0.2, 0) is 27.7 Å². The Morgan fingerprint density at radius 1 is 0.800 bits per heavy atom. The van der Waals surface area contributed by atoms with Crippen LogP contribution in [0.1, 0.15) is 90.9 Å². The molecule has 0 fully saturated rings. The summed E-state index contributed by atoms with van der Waals surface area (Å²) in [5.41, 5.74) is 11.2. The summed E-state index contributed by atoms with van der Waals surface area (Å²) in [7, 11) is 0. The van der Waals surface area contributed by atoms with Crippen molar-refractivity contribution in [3.05, 3.63) is 87.7 Å². The first-order valence-electron chi connectivity index (χ1n) is 14.9. The number of nitrogens with one attached hydrogen (secondary N) is 2. The van der Waals surface area contributed by atoms with E-state index in [1.165, 1.54) is 75.4 Å². The number of aromatic amines is 1. The normalized spacial score (nSPS) is 23.8. The zero-order valence-electron chi connectivity index (χ0n) is 24.2. The van der Waals surface area contributed by atoms with Crippen LogP contribution < -0.4 is 28.4 Å². The van der Waals surface area contributed by atoms with Crippen LogP contribution in [0.15, 0.2) is 87.0 Å². The fraction of sp³-hybridized carbons (Fsp3) is 0.441. The van der Waals surface area contributed by atoms with E-state index in [1.54, 1.807) is 0 Å². The van der Waals surface area contributed by atoms with E-state index in [0.717, 1.165) is 52.1 Å². The molecule has 2 N–H and O–H groups in total. The molecule has 4 aliphatic heterocycles. The van der Waals surface area contributed by atoms with Crippen LogP contribution in [-0.4, -0.2) is 22.4 Å². The molecule has 0 saturated carbocycles. The van der Waals surface area contributed by atoms with E-state index in [1.807, 2.05) is 6.08 Å². The van der Waals surface area contributed by atoms with E-state index >= 15 is 0 Å². The van der Waals surface area contributed by atoms with Crippen molar-refractivity contribution in [1.82, 2.24) is 10.3 Å². The third kappa shape index (κ3) is 8.44. The number of rotatable bonds is 12. The Bertz CT molecular complexity index is 1410. The summed E-state index contributed by atoms with van der Waals surface area (Å²) in [5, 5.41) is 5.95. The van der Waals surface area contributed by atoms with Gasteiger partial charge in [0, 0.05) is 28.0 Å². The molecule has 8 bridgehead atoms. The minimum Gasteiger partial charge on any atom is -1.00 e. The third-order valence-electron chi connectivity index (χ3n) is 7.76. The second-order valence-electron chi connectivity index (χ2n) is 10.8. The molecule has 0 aromatic carbocycles. The summed E-state index contributed by atoms with van der Waals surface area (Å²) in [5.74, 6) is 0. The average Bonchev–Trinajstić information content (AvgIpc) is 3.73. The molecular weight excluding hydrogens is 700 g/mol. The molecule has 0 spiro atoms. The average molecular weight is 743 g/mol. The molecule has 40 heavy (non-hydrogen) atoms. The number of halogens is 1. The van der Waals surface area contributed by atoms with Crippen LogP contribution in [0.2, 0.25) is 0 Å². The van der Waals surface area contributed by atoms with E-state index in [0.29, 0.717) is 0 Å². The molecule has 1 aromatic rings. The number of aliphatic imine (C=N–C) groups is 2. The van der Waals surface area contributed by atoms with Gasteiger partial charge in [-0.2, -0.15) is 0 Å². The Morgan fingerprint density at radius 2 is 1.55 bits per heavy atom. The van der Waals surface area contributed by atoms with Gasteiger partial charge in [0.25, 0.3) is 0 Å². The number of allylic oxidation sites excluding steroid dienone is 5. The zero-order valence-corrected chi connectivity index (χ0v) is 30.5. The predicted octanol–water partition coefficient (Wildman–Crippen LogP) is 3.85. The number of fused-ring (bicyclic) bond motifs is 6. The summed E-state index contributed by atoms with van der Waals surface area (Å²) >= 11 is 0. The number of nitrogens with zero attached hydrogens (tertiary/aromatic N) is 2. The standard InChI is InChI=1S/C34H42N4.ClH.Hg/c1-3-5-7-9-11-13-29-31-19-15-25(35-31)23-27-17-21-33(37-27)30(14-12-10-8-6-4-2)34-22-18-28(38-34)24-26-16-20-32(29)36-26;;/h15-21,23-24,32,36-37H,3-14H2,1-2H3;1H;/q;;+1/p-1/b26-24-,27-23-,31-29-,33-30-;;. The Hall–Kier alpha value is -2.13. The Morgan fingerprint density at radius 3 is 2.33 bits per heavy atom. The molecule has 0 amide bonds. The van der Waals surface area contributed by atoms with Gasteiger partial charge in [-0.25, -0.2) is 9.98 Å². The van der Waals surface area contributed by atoms with Crippen LogP contribution in [0.4, 0.5) is 0 Å². The fourth-order valence-electron chi connectivity index (χ4n) is 5.61. The first-order chi connectivity index (χ1) is 18.7. The Kier molecular flexibility index (Phi) is 13.2. The van der Waals surface area contributed by atoms with Gasteiger partial charge in [0.1, 0.15) is 5.70 Å². The van der Waals surface area contributed by atoms with E-state index in [9.17, 15) is 0 Å². The first-order valence-corrected chi connectivity index (χ1v) is 14.9. The monoisotopic (exact) mass is 743 g/mol. The smallest absolute Gasteiger partial charge is 1.00 e. The van der Waals surface area contributed by atoms with Gasteiger partial charge in [-0.05, 0) is 73.8 Å². The van der Waals surface area contributed by atoms with Gasteiger partial charge in [-0.3, -0.25) is 0 Å². The van der Waals surface area contributed by atoms with Crippen molar-refractivity contribution in [2.24, 2.45) is 9.98 Å². The van der Waals surface area contributed by atoms with E-state index in [-0.39, 0.29) is 46.1 Å². The molecule has 1 unspecified atom stereocenters. The van der Waals surface area contributed by atoms with Gasteiger partial charge < -0.3 is 22.7 Å². The van der Waals surface area contributed by atoms with E-state index in [2.05, 4.69) is 78.5 Å². The molecule has 0 saturated heterocycles. The van der Waals surface area contributed by atoms with Crippen LogP contribution in [0.5, 0.6) is 0 Å². The first kappa shape index (κ1) is 32.4. The molecule has 1 radical (unpaired) electrons. The molecule has 5 heterocycles. The second kappa shape index (κ2) is 16.3. The molecule has 1 aromatic heterocycles. The van der Waals surface area contributed by atoms with Crippen LogP contribution >= 0.6 is 0 Å². The van der Waals surface area contributed by atoms with Gasteiger partial charge in [-0.1, -0.05) is 77.0 Å². The maximum Gasteiger partial charge on any atom is 1.00 e. The molecule has 207 valence electrons. The van der Waals surface area contributed by atoms with Gasteiger partial charge >= 0.3 is 27.7 Å². The van der Waals surface area contributed by atoms with E-state index in [4.69, 9.17) is 9.98 Å². The van der Waals surface area contributed by atoms with Crippen LogP contribution in [0, 0.1) is 0 Å². The third-order valence-corrected chi connectivity index (χ3v) is 7.76. The zero-order chi connectivity index (χ0) is 26.2. The minimum atomic E-state index is 0. The van der Waals surface area contributed by atoms with E-state index < -0.39 is 0 Å².